The molecular weight excluding hydrogens is 340 g/mol. The molecule has 94 valence electrons. The summed E-state index contributed by atoms with van der Waals surface area (Å²) in [6, 6.07) is 6.54. The van der Waals surface area contributed by atoms with Gasteiger partial charge >= 0.3 is 0 Å². The van der Waals surface area contributed by atoms with E-state index >= 15 is 0 Å². The van der Waals surface area contributed by atoms with Gasteiger partial charge in [0, 0.05) is 17.2 Å². The van der Waals surface area contributed by atoms with Crippen molar-refractivity contribution in [3.8, 4) is 0 Å². The summed E-state index contributed by atoms with van der Waals surface area (Å²) in [4.78, 5) is 3.96. The molecule has 0 aliphatic rings. The van der Waals surface area contributed by atoms with Gasteiger partial charge < -0.3 is 0 Å². The number of aromatic nitrogens is 1. The second-order valence-corrected chi connectivity index (χ2v) is 5.73. The van der Waals surface area contributed by atoms with Crippen molar-refractivity contribution in [2.75, 3.05) is 0 Å². The van der Waals surface area contributed by atoms with Gasteiger partial charge in [0.2, 0.25) is 0 Å². The van der Waals surface area contributed by atoms with E-state index in [0.717, 1.165) is 11.1 Å². The average Bonchev–Trinajstić information content (AvgIpc) is 2.35. The normalized spacial score (nSPS) is 12.4. The lowest BCUT2D eigenvalue weighted by Crippen LogP contribution is -1.97. The molecule has 0 radical (unpaired) electrons. The van der Waals surface area contributed by atoms with Crippen LogP contribution in [0.2, 0.25) is 10.0 Å². The second kappa shape index (κ2) is 6.00. The van der Waals surface area contributed by atoms with E-state index in [1.807, 2.05) is 6.07 Å². The molecule has 1 aromatic heterocycles. The Hall–Kier alpha value is -0.640. The van der Waals surface area contributed by atoms with E-state index in [9.17, 15) is 4.39 Å². The van der Waals surface area contributed by atoms with Gasteiger partial charge in [-0.25, -0.2) is 4.39 Å². The van der Waals surface area contributed by atoms with E-state index in [1.165, 1.54) is 6.07 Å². The minimum atomic E-state index is -0.415. The number of pyridine rings is 1. The Morgan fingerprint density at radius 2 is 2.00 bits per heavy atom. The van der Waals surface area contributed by atoms with Crippen LogP contribution >= 0.6 is 39.1 Å². The summed E-state index contributed by atoms with van der Waals surface area (Å²) in [6.45, 7) is 0. The highest BCUT2D eigenvalue weighted by Crippen LogP contribution is 2.31. The van der Waals surface area contributed by atoms with Crippen LogP contribution in [0.4, 0.5) is 4.39 Å². The summed E-state index contributed by atoms with van der Waals surface area (Å²) in [5.41, 5.74) is 1.89. The highest BCUT2D eigenvalue weighted by Gasteiger charge is 2.12. The fourth-order valence-corrected chi connectivity index (χ4v) is 2.61. The summed E-state index contributed by atoms with van der Waals surface area (Å²) < 4.78 is 13.1. The number of hydrogen-bond acceptors (Lipinski definition) is 1. The lowest BCUT2D eigenvalue weighted by molar-refractivity contribution is 0.627. The SMILES string of the molecule is Fc1ccc(C(Br)Cc2ccncc2Cl)cc1Cl. The molecule has 0 aliphatic heterocycles. The third-order valence-electron chi connectivity index (χ3n) is 2.56. The van der Waals surface area contributed by atoms with E-state index in [2.05, 4.69) is 20.9 Å². The maximum atomic E-state index is 13.1. The van der Waals surface area contributed by atoms with Gasteiger partial charge in [-0.3, -0.25) is 4.98 Å². The van der Waals surface area contributed by atoms with Crippen molar-refractivity contribution >= 4 is 39.1 Å². The van der Waals surface area contributed by atoms with Gasteiger partial charge in [-0.15, -0.1) is 0 Å². The highest BCUT2D eigenvalue weighted by molar-refractivity contribution is 9.09. The van der Waals surface area contributed by atoms with Crippen LogP contribution in [-0.2, 0) is 6.42 Å². The minimum absolute atomic E-state index is 0.0236. The van der Waals surface area contributed by atoms with Crippen molar-refractivity contribution < 1.29 is 4.39 Å². The first kappa shape index (κ1) is 13.8. The molecule has 2 rings (SSSR count). The molecule has 0 bridgehead atoms. The zero-order valence-electron chi connectivity index (χ0n) is 9.21. The van der Waals surface area contributed by atoms with E-state index in [1.54, 1.807) is 24.5 Å². The molecule has 0 N–H and O–H groups in total. The fraction of sp³-hybridized carbons (Fsp3) is 0.154. The number of hydrogen-bond donors (Lipinski definition) is 0. The molecule has 5 heteroatoms. The second-order valence-electron chi connectivity index (χ2n) is 3.81. The van der Waals surface area contributed by atoms with Crippen LogP contribution in [0.15, 0.2) is 36.7 Å². The molecule has 2 aromatic rings. The Morgan fingerprint density at radius 1 is 1.22 bits per heavy atom. The van der Waals surface area contributed by atoms with Gasteiger partial charge in [-0.2, -0.15) is 0 Å². The summed E-state index contributed by atoms with van der Waals surface area (Å²) in [7, 11) is 0. The van der Waals surface area contributed by atoms with Gasteiger partial charge in [0.1, 0.15) is 5.82 Å². The molecule has 1 aromatic carbocycles. The zero-order valence-corrected chi connectivity index (χ0v) is 12.3. The molecule has 1 nitrogen and oxygen atoms in total. The van der Waals surface area contributed by atoms with Crippen LogP contribution in [-0.4, -0.2) is 4.98 Å². The van der Waals surface area contributed by atoms with Crippen molar-refractivity contribution in [1.82, 2.24) is 4.98 Å². The molecular formula is C13H9BrCl2FN. The Balaban J connectivity index is 2.19. The van der Waals surface area contributed by atoms with Crippen LogP contribution in [0, 0.1) is 5.82 Å². The van der Waals surface area contributed by atoms with Crippen LogP contribution in [0.3, 0.4) is 0 Å². The number of halogens is 4. The molecule has 1 heterocycles. The lowest BCUT2D eigenvalue weighted by atomic mass is 10.1. The zero-order chi connectivity index (χ0) is 13.1. The molecule has 0 saturated carbocycles. The van der Waals surface area contributed by atoms with Crippen molar-refractivity contribution in [1.29, 1.82) is 0 Å². The number of alkyl halides is 1. The molecule has 0 aliphatic carbocycles. The molecule has 18 heavy (non-hydrogen) atoms. The maximum Gasteiger partial charge on any atom is 0.141 e. The van der Waals surface area contributed by atoms with Gasteiger partial charge in [-0.05, 0) is 35.7 Å². The fourth-order valence-electron chi connectivity index (χ4n) is 1.59. The maximum absolute atomic E-state index is 13.1. The Kier molecular flexibility index (Phi) is 4.60. The van der Waals surface area contributed by atoms with E-state index in [0.29, 0.717) is 11.4 Å². The van der Waals surface area contributed by atoms with Gasteiger partial charge in [0.15, 0.2) is 0 Å². The monoisotopic (exact) mass is 347 g/mol. The number of benzene rings is 1. The summed E-state index contributed by atoms with van der Waals surface area (Å²) in [5, 5.41) is 0.743. The van der Waals surface area contributed by atoms with Gasteiger partial charge in [0.05, 0.1) is 10.0 Å². The summed E-state index contributed by atoms with van der Waals surface area (Å²) in [6.07, 6.45) is 3.98. The van der Waals surface area contributed by atoms with Crippen LogP contribution in [0.1, 0.15) is 16.0 Å². The third kappa shape index (κ3) is 3.22. The Bertz CT molecular complexity index is 562. The standard InChI is InChI=1S/C13H9BrCl2FN/c14-10(5-9-3-4-18-7-12(9)16)8-1-2-13(17)11(15)6-8/h1-4,6-7,10H,5H2. The highest BCUT2D eigenvalue weighted by atomic mass is 79.9. The molecule has 0 saturated heterocycles. The predicted octanol–water partition coefficient (Wildman–Crippen LogP) is 5.21. The Morgan fingerprint density at radius 3 is 2.67 bits per heavy atom. The third-order valence-corrected chi connectivity index (χ3v) is 4.04. The molecule has 0 fully saturated rings. The first-order valence-electron chi connectivity index (χ1n) is 5.25. The largest absolute Gasteiger partial charge is 0.263 e. The first-order valence-corrected chi connectivity index (χ1v) is 6.92. The van der Waals surface area contributed by atoms with E-state index in [4.69, 9.17) is 23.2 Å². The van der Waals surface area contributed by atoms with Crippen molar-refractivity contribution in [2.24, 2.45) is 0 Å². The predicted molar refractivity (Wildman–Crippen MR) is 76.0 cm³/mol. The number of rotatable bonds is 3. The molecule has 1 atom stereocenters. The molecule has 1 unspecified atom stereocenters. The van der Waals surface area contributed by atoms with E-state index < -0.39 is 5.82 Å². The Labute approximate surface area is 123 Å². The van der Waals surface area contributed by atoms with E-state index in [-0.39, 0.29) is 9.85 Å². The summed E-state index contributed by atoms with van der Waals surface area (Å²) in [5.74, 6) is -0.415. The smallest absolute Gasteiger partial charge is 0.141 e. The van der Waals surface area contributed by atoms with Gasteiger partial charge in [-0.1, -0.05) is 45.2 Å². The van der Waals surface area contributed by atoms with Crippen molar-refractivity contribution in [2.45, 2.75) is 11.2 Å². The molecule has 0 amide bonds. The van der Waals surface area contributed by atoms with Crippen molar-refractivity contribution in [3.05, 3.63) is 63.6 Å². The quantitative estimate of drug-likeness (QED) is 0.694. The average molecular weight is 349 g/mol. The lowest BCUT2D eigenvalue weighted by Gasteiger charge is -2.11. The topological polar surface area (TPSA) is 12.9 Å². The van der Waals surface area contributed by atoms with Crippen LogP contribution in [0.5, 0.6) is 0 Å². The molecule has 0 spiro atoms. The minimum Gasteiger partial charge on any atom is -0.263 e. The number of nitrogens with zero attached hydrogens (tertiary/aromatic N) is 1. The van der Waals surface area contributed by atoms with Crippen LogP contribution < -0.4 is 0 Å². The first-order chi connectivity index (χ1) is 8.58. The summed E-state index contributed by atoms with van der Waals surface area (Å²) >= 11 is 15.4. The van der Waals surface area contributed by atoms with Crippen LogP contribution in [0.25, 0.3) is 0 Å². The van der Waals surface area contributed by atoms with Crippen molar-refractivity contribution in [3.63, 3.8) is 0 Å². The van der Waals surface area contributed by atoms with Gasteiger partial charge in [0.25, 0.3) is 0 Å².